The highest BCUT2D eigenvalue weighted by atomic mass is 79.9. The summed E-state index contributed by atoms with van der Waals surface area (Å²) in [6.45, 7) is 8.28. The SMILES string of the molecule is Cc1cc(-c2ccc(Cl)cc2)c(Cl)cc1C1=C(O)C2(CCC(C)CC2)NC1=O.Cc1cc(Br)c(Cl)cc1C1=C(O)C2(CCC(C)CC2)NC1=O. The van der Waals surface area contributed by atoms with Gasteiger partial charge < -0.3 is 20.8 Å². The van der Waals surface area contributed by atoms with Gasteiger partial charge >= 0.3 is 0 Å². The molecule has 4 N–H and O–H groups in total. The van der Waals surface area contributed by atoms with Crippen molar-refractivity contribution in [2.75, 3.05) is 0 Å². The summed E-state index contributed by atoms with van der Waals surface area (Å²) in [5, 5.41) is 29.7. The van der Waals surface area contributed by atoms with Gasteiger partial charge in [0.05, 0.1) is 27.2 Å². The molecule has 0 saturated heterocycles. The van der Waals surface area contributed by atoms with Crippen LogP contribution in [0.3, 0.4) is 0 Å². The van der Waals surface area contributed by atoms with Gasteiger partial charge in [-0.3, -0.25) is 9.59 Å². The van der Waals surface area contributed by atoms with Crippen LogP contribution >= 0.6 is 50.7 Å². The number of benzene rings is 3. The molecule has 2 aliphatic carbocycles. The molecule has 264 valence electrons. The summed E-state index contributed by atoms with van der Waals surface area (Å²) in [4.78, 5) is 25.3. The molecule has 0 radical (unpaired) electrons. The van der Waals surface area contributed by atoms with Gasteiger partial charge in [0.15, 0.2) is 0 Å². The number of hydrogen-bond donors (Lipinski definition) is 4. The number of carbonyl (C=O) groups excluding carboxylic acids is 2. The fraction of sp³-hybridized carbons (Fsp3) is 0.400. The first-order chi connectivity index (χ1) is 23.6. The summed E-state index contributed by atoms with van der Waals surface area (Å²) < 4.78 is 0.787. The fourth-order valence-electron chi connectivity index (χ4n) is 7.82. The highest BCUT2D eigenvalue weighted by Crippen LogP contribution is 2.46. The van der Waals surface area contributed by atoms with E-state index in [0.717, 1.165) is 78.1 Å². The lowest BCUT2D eigenvalue weighted by Crippen LogP contribution is -2.47. The molecule has 0 atom stereocenters. The number of amides is 2. The molecule has 10 heteroatoms. The molecule has 2 amide bonds. The second-order valence-corrected chi connectivity index (χ2v) is 16.7. The second-order valence-electron chi connectivity index (χ2n) is 14.6. The molecule has 3 aromatic rings. The molecule has 0 aromatic heterocycles. The van der Waals surface area contributed by atoms with Gasteiger partial charge in [-0.1, -0.05) is 60.8 Å². The van der Waals surface area contributed by atoms with Gasteiger partial charge in [-0.2, -0.15) is 0 Å². The number of carbonyl (C=O) groups is 2. The van der Waals surface area contributed by atoms with Crippen molar-refractivity contribution in [1.82, 2.24) is 10.6 Å². The van der Waals surface area contributed by atoms with Crippen molar-refractivity contribution in [3.8, 4) is 11.1 Å². The van der Waals surface area contributed by atoms with E-state index < -0.39 is 11.1 Å². The largest absolute Gasteiger partial charge is 0.509 e. The normalized spacial score (nSPS) is 26.3. The Hall–Kier alpha value is -2.97. The Bertz CT molecular complexity index is 1920. The lowest BCUT2D eigenvalue weighted by Gasteiger charge is -2.36. The number of nitrogens with one attached hydrogen (secondary N) is 2. The third kappa shape index (κ3) is 6.83. The Morgan fingerprint density at radius 3 is 1.54 bits per heavy atom. The molecule has 0 bridgehead atoms. The molecule has 2 heterocycles. The molecular formula is C40H42BrCl3N2O4. The predicted octanol–water partition coefficient (Wildman–Crippen LogP) is 11.1. The van der Waals surface area contributed by atoms with Crippen LogP contribution in [0.25, 0.3) is 22.3 Å². The monoisotopic (exact) mass is 798 g/mol. The summed E-state index contributed by atoms with van der Waals surface area (Å²) >= 11 is 22.1. The van der Waals surface area contributed by atoms with Crippen molar-refractivity contribution in [2.24, 2.45) is 11.8 Å². The van der Waals surface area contributed by atoms with Crippen molar-refractivity contribution in [2.45, 2.75) is 90.1 Å². The maximum Gasteiger partial charge on any atom is 0.256 e. The van der Waals surface area contributed by atoms with Gasteiger partial charge in [0.2, 0.25) is 0 Å². The van der Waals surface area contributed by atoms with Crippen LogP contribution in [0.1, 0.15) is 87.5 Å². The third-order valence-corrected chi connectivity index (χ3v) is 12.8. The molecule has 6 nitrogen and oxygen atoms in total. The van der Waals surface area contributed by atoms with E-state index in [1.54, 1.807) is 12.1 Å². The third-order valence-electron chi connectivity index (χ3n) is 11.1. The second kappa shape index (κ2) is 14.2. The van der Waals surface area contributed by atoms with E-state index in [2.05, 4.69) is 40.4 Å². The summed E-state index contributed by atoms with van der Waals surface area (Å²) in [5.41, 5.74) is 4.57. The Labute approximate surface area is 317 Å². The molecule has 2 fully saturated rings. The molecule has 4 aliphatic rings. The maximum absolute atomic E-state index is 12.8. The van der Waals surface area contributed by atoms with E-state index in [1.807, 2.05) is 50.2 Å². The molecule has 50 heavy (non-hydrogen) atoms. The van der Waals surface area contributed by atoms with Crippen molar-refractivity contribution in [3.63, 3.8) is 0 Å². The average molecular weight is 801 g/mol. The van der Waals surface area contributed by atoms with Crippen LogP contribution in [0.5, 0.6) is 0 Å². The van der Waals surface area contributed by atoms with E-state index in [9.17, 15) is 19.8 Å². The zero-order valence-electron chi connectivity index (χ0n) is 28.7. The molecule has 2 spiro atoms. The van der Waals surface area contributed by atoms with Gasteiger partial charge in [0.1, 0.15) is 11.5 Å². The van der Waals surface area contributed by atoms with Gasteiger partial charge in [-0.15, -0.1) is 0 Å². The summed E-state index contributed by atoms with van der Waals surface area (Å²) in [6.07, 6.45) is 7.13. The zero-order chi connectivity index (χ0) is 36.1. The van der Waals surface area contributed by atoms with Crippen LogP contribution in [0.2, 0.25) is 15.1 Å². The molecule has 3 aromatic carbocycles. The van der Waals surface area contributed by atoms with Crippen LogP contribution < -0.4 is 10.6 Å². The van der Waals surface area contributed by atoms with E-state index in [0.29, 0.717) is 49.2 Å². The number of rotatable bonds is 3. The van der Waals surface area contributed by atoms with Crippen LogP contribution in [-0.4, -0.2) is 33.1 Å². The minimum absolute atomic E-state index is 0.169. The summed E-state index contributed by atoms with van der Waals surface area (Å²) in [5.74, 6) is 1.20. The van der Waals surface area contributed by atoms with Gasteiger partial charge in [0, 0.05) is 20.1 Å². The van der Waals surface area contributed by atoms with Crippen molar-refractivity contribution in [3.05, 3.63) is 102 Å². The number of hydrogen-bond acceptors (Lipinski definition) is 4. The fourth-order valence-corrected chi connectivity index (χ4v) is 8.84. The number of aliphatic hydroxyl groups excluding tert-OH is 2. The zero-order valence-corrected chi connectivity index (χ0v) is 32.5. The number of aryl methyl sites for hydroxylation is 2. The highest BCUT2D eigenvalue weighted by molar-refractivity contribution is 9.10. The molecule has 2 aliphatic heterocycles. The first-order valence-electron chi connectivity index (χ1n) is 17.2. The standard InChI is InChI=1S/C23H23Cl2NO2.C17H19BrClNO2/c1-13-7-9-23(10-8-13)21(27)20(22(28)26-23)17-12-19(25)18(11-14(17)2)15-3-5-16(24)6-4-15;1-9-3-5-17(6-4-9)15(21)14(16(22)20-17)11-8-13(19)12(18)7-10(11)2/h3-6,11-13,27H,7-10H2,1-2H3,(H,26,28);7-9,21H,3-6H2,1-2H3,(H,20,22). The van der Waals surface area contributed by atoms with Crippen molar-refractivity contribution in [1.29, 1.82) is 0 Å². The summed E-state index contributed by atoms with van der Waals surface area (Å²) in [6, 6.07) is 14.8. The van der Waals surface area contributed by atoms with Crippen molar-refractivity contribution < 1.29 is 19.8 Å². The highest BCUT2D eigenvalue weighted by Gasteiger charge is 2.49. The lowest BCUT2D eigenvalue weighted by molar-refractivity contribution is -0.117. The van der Waals surface area contributed by atoms with Gasteiger partial charge in [-0.05, 0) is 157 Å². The molecule has 0 unspecified atom stereocenters. The molecule has 2 saturated carbocycles. The topological polar surface area (TPSA) is 98.7 Å². The van der Waals surface area contributed by atoms with Crippen molar-refractivity contribution >= 4 is 73.7 Å². The minimum atomic E-state index is -0.618. The smallest absolute Gasteiger partial charge is 0.256 e. The summed E-state index contributed by atoms with van der Waals surface area (Å²) in [7, 11) is 0. The maximum atomic E-state index is 12.8. The molecular weight excluding hydrogens is 759 g/mol. The number of aliphatic hydroxyl groups is 2. The lowest BCUT2D eigenvalue weighted by atomic mass is 9.76. The Morgan fingerprint density at radius 1 is 0.660 bits per heavy atom. The quantitative estimate of drug-likeness (QED) is 0.212. The van der Waals surface area contributed by atoms with Gasteiger partial charge in [0.25, 0.3) is 11.8 Å². The van der Waals surface area contributed by atoms with Gasteiger partial charge in [-0.25, -0.2) is 0 Å². The number of halogens is 4. The Morgan fingerprint density at radius 2 is 1.08 bits per heavy atom. The first kappa shape index (κ1) is 36.8. The van der Waals surface area contributed by atoms with Crippen LogP contribution in [0.15, 0.2) is 64.5 Å². The van der Waals surface area contributed by atoms with E-state index in [-0.39, 0.29) is 23.3 Å². The van der Waals surface area contributed by atoms with E-state index >= 15 is 0 Å². The first-order valence-corrected chi connectivity index (χ1v) is 19.1. The van der Waals surface area contributed by atoms with Crippen LogP contribution in [0.4, 0.5) is 0 Å². The van der Waals surface area contributed by atoms with E-state index in [1.165, 1.54) is 0 Å². The predicted molar refractivity (Wildman–Crippen MR) is 207 cm³/mol. The Balaban J connectivity index is 0.000000178. The minimum Gasteiger partial charge on any atom is -0.509 e. The van der Waals surface area contributed by atoms with Crippen LogP contribution in [-0.2, 0) is 9.59 Å². The molecule has 7 rings (SSSR count). The van der Waals surface area contributed by atoms with Crippen LogP contribution in [0, 0.1) is 25.7 Å². The van der Waals surface area contributed by atoms with E-state index in [4.69, 9.17) is 34.8 Å². The average Bonchev–Trinajstić information content (AvgIpc) is 3.46. The Kier molecular flexibility index (Phi) is 10.5.